The Morgan fingerprint density at radius 2 is 0.768 bits per heavy atom. The topological polar surface area (TPSA) is 60.0 Å². The average Bonchev–Trinajstić information content (AvgIpc) is 3.20. The zero-order valence-corrected chi connectivity index (χ0v) is 38.3. The van der Waals surface area contributed by atoms with Gasteiger partial charge < -0.3 is 19.5 Å². The highest BCUT2D eigenvalue weighted by molar-refractivity contribution is 5.67. The average molecular weight is 791 g/mol. The maximum atomic E-state index is 12.8. The van der Waals surface area contributed by atoms with Crippen molar-refractivity contribution in [3.63, 3.8) is 0 Å². The summed E-state index contributed by atoms with van der Waals surface area (Å²) in [5.41, 5.74) is 0. The smallest absolute Gasteiger partial charge is 0.407 e. The monoisotopic (exact) mass is 791 g/mol. The van der Waals surface area contributed by atoms with Gasteiger partial charge in [-0.15, -0.1) is 0 Å². The molecule has 0 unspecified atom stereocenters. The molecule has 0 aliphatic carbocycles. The summed E-state index contributed by atoms with van der Waals surface area (Å²) in [7, 11) is 0. The number of rotatable bonds is 46. The van der Waals surface area contributed by atoms with Crippen LogP contribution in [0.15, 0.2) is 24.3 Å². The number of nitrogens with one attached hydrogen (secondary N) is 1. The number of carbonyl (C=O) groups is 1. The largest absolute Gasteiger partial charge is 0.448 e. The van der Waals surface area contributed by atoms with E-state index < -0.39 is 0 Å². The quantitative estimate of drug-likeness (QED) is 0.0491. The van der Waals surface area contributed by atoms with E-state index in [0.29, 0.717) is 19.8 Å². The molecular weight excluding hydrogens is 693 g/mol. The SMILES string of the molecule is CCCCCCCCC=CCCCCCCCCOCC(COCCCCCCCCC=CCCCCCCCC)NC(=O)OCCN(CCCC)CCCC. The zero-order valence-electron chi connectivity index (χ0n) is 38.3. The molecule has 0 bridgehead atoms. The summed E-state index contributed by atoms with van der Waals surface area (Å²) < 4.78 is 17.8. The molecule has 6 heteroatoms. The van der Waals surface area contributed by atoms with Gasteiger partial charge in [0.05, 0.1) is 19.3 Å². The van der Waals surface area contributed by atoms with Crippen LogP contribution in [-0.2, 0) is 14.2 Å². The van der Waals surface area contributed by atoms with Gasteiger partial charge >= 0.3 is 6.09 Å². The van der Waals surface area contributed by atoms with E-state index in [4.69, 9.17) is 14.2 Å². The number of hydrogen-bond donors (Lipinski definition) is 1. The van der Waals surface area contributed by atoms with Crippen molar-refractivity contribution in [1.29, 1.82) is 0 Å². The molecule has 1 amide bonds. The first kappa shape index (κ1) is 54.6. The van der Waals surface area contributed by atoms with Gasteiger partial charge in [-0.25, -0.2) is 4.79 Å². The van der Waals surface area contributed by atoms with E-state index in [2.05, 4.69) is 62.2 Å². The van der Waals surface area contributed by atoms with Crippen LogP contribution in [0.3, 0.4) is 0 Å². The minimum Gasteiger partial charge on any atom is -0.448 e. The predicted molar refractivity (Wildman–Crippen MR) is 245 cm³/mol. The highest BCUT2D eigenvalue weighted by Gasteiger charge is 2.15. The maximum absolute atomic E-state index is 12.8. The van der Waals surface area contributed by atoms with Crippen LogP contribution in [0.5, 0.6) is 0 Å². The standard InChI is InChI=1S/C50H98N2O4/c1-5-9-13-15-17-19-21-23-25-27-29-31-33-35-37-39-44-54-47-49(51-50(53)56-46-43-52(41-11-7-3)42-12-8-4)48-55-45-40-38-36-34-32-30-28-26-24-22-20-18-16-14-10-6-2/h23-26,49H,5-22,27-48H2,1-4H3,(H,51,53). The van der Waals surface area contributed by atoms with E-state index in [1.54, 1.807) is 0 Å². The summed E-state index contributed by atoms with van der Waals surface area (Å²) in [6.45, 7) is 14.7. The Balaban J connectivity index is 4.23. The maximum Gasteiger partial charge on any atom is 0.407 e. The number of alkyl carbamates (subject to hydrolysis) is 1. The summed E-state index contributed by atoms with van der Waals surface area (Å²) in [5, 5.41) is 3.05. The molecule has 56 heavy (non-hydrogen) atoms. The lowest BCUT2D eigenvalue weighted by atomic mass is 10.1. The third kappa shape index (κ3) is 43.7. The Kier molecular flexibility index (Phi) is 46.8. The molecule has 0 saturated heterocycles. The van der Waals surface area contributed by atoms with Crippen LogP contribution in [0.1, 0.15) is 233 Å². The van der Waals surface area contributed by atoms with Crippen molar-refractivity contribution >= 4 is 6.09 Å². The Bertz CT molecular complexity index is 765. The van der Waals surface area contributed by atoms with Crippen molar-refractivity contribution in [2.75, 3.05) is 52.7 Å². The van der Waals surface area contributed by atoms with E-state index in [-0.39, 0.29) is 12.1 Å². The Hall–Kier alpha value is -1.37. The summed E-state index contributed by atoms with van der Waals surface area (Å²) in [4.78, 5) is 15.2. The summed E-state index contributed by atoms with van der Waals surface area (Å²) in [6.07, 6.45) is 50.4. The molecule has 0 fully saturated rings. The van der Waals surface area contributed by atoms with Gasteiger partial charge in [0.2, 0.25) is 0 Å². The first-order chi connectivity index (χ1) is 27.7. The van der Waals surface area contributed by atoms with Crippen molar-refractivity contribution < 1.29 is 19.0 Å². The van der Waals surface area contributed by atoms with Crippen LogP contribution in [0.4, 0.5) is 4.79 Å². The molecule has 332 valence electrons. The molecule has 1 N–H and O–H groups in total. The Morgan fingerprint density at radius 1 is 0.429 bits per heavy atom. The number of nitrogens with zero attached hydrogens (tertiary/aromatic N) is 1. The molecule has 0 aromatic heterocycles. The van der Waals surface area contributed by atoms with Gasteiger partial charge in [-0.05, 0) is 90.1 Å². The molecule has 0 radical (unpaired) electrons. The van der Waals surface area contributed by atoms with Crippen molar-refractivity contribution in [2.24, 2.45) is 0 Å². The fourth-order valence-corrected chi connectivity index (χ4v) is 7.06. The summed E-state index contributed by atoms with van der Waals surface area (Å²) in [5.74, 6) is 0. The fourth-order valence-electron chi connectivity index (χ4n) is 7.06. The van der Waals surface area contributed by atoms with E-state index in [1.807, 2.05) is 0 Å². The van der Waals surface area contributed by atoms with Crippen molar-refractivity contribution in [1.82, 2.24) is 10.2 Å². The number of allylic oxidation sites excluding steroid dienone is 4. The van der Waals surface area contributed by atoms with Crippen LogP contribution in [0, 0.1) is 0 Å². The van der Waals surface area contributed by atoms with Crippen molar-refractivity contribution in [3.05, 3.63) is 24.3 Å². The molecule has 0 saturated carbocycles. The van der Waals surface area contributed by atoms with Gasteiger partial charge in [-0.2, -0.15) is 0 Å². The van der Waals surface area contributed by atoms with Crippen LogP contribution in [-0.4, -0.2) is 69.7 Å². The molecule has 0 spiro atoms. The first-order valence-corrected chi connectivity index (χ1v) is 24.8. The van der Waals surface area contributed by atoms with Crippen LogP contribution in [0.25, 0.3) is 0 Å². The molecule has 0 heterocycles. The number of hydrogen-bond acceptors (Lipinski definition) is 5. The van der Waals surface area contributed by atoms with Crippen LogP contribution >= 0.6 is 0 Å². The summed E-state index contributed by atoms with van der Waals surface area (Å²) >= 11 is 0. The highest BCUT2D eigenvalue weighted by Crippen LogP contribution is 2.12. The third-order valence-corrected chi connectivity index (χ3v) is 10.9. The molecule has 0 aliphatic heterocycles. The number of carbonyl (C=O) groups excluding carboxylic acids is 1. The third-order valence-electron chi connectivity index (χ3n) is 10.9. The second kappa shape index (κ2) is 48.0. The normalized spacial score (nSPS) is 12.4. The van der Waals surface area contributed by atoms with E-state index in [9.17, 15) is 4.79 Å². The number of unbranched alkanes of at least 4 members (excludes halogenated alkanes) is 26. The van der Waals surface area contributed by atoms with Gasteiger partial charge in [-0.3, -0.25) is 4.90 Å². The minimum atomic E-state index is -0.359. The molecule has 0 aromatic carbocycles. The second-order valence-electron chi connectivity index (χ2n) is 16.6. The van der Waals surface area contributed by atoms with Gasteiger partial charge in [0.15, 0.2) is 0 Å². The van der Waals surface area contributed by atoms with Crippen LogP contribution < -0.4 is 5.32 Å². The van der Waals surface area contributed by atoms with Gasteiger partial charge in [0, 0.05) is 19.8 Å². The number of ether oxygens (including phenoxy) is 3. The minimum absolute atomic E-state index is 0.193. The lowest BCUT2D eigenvalue weighted by molar-refractivity contribution is 0.0482. The van der Waals surface area contributed by atoms with E-state index in [0.717, 1.165) is 45.7 Å². The summed E-state index contributed by atoms with van der Waals surface area (Å²) in [6, 6.07) is -0.193. The van der Waals surface area contributed by atoms with Crippen LogP contribution in [0.2, 0.25) is 0 Å². The van der Waals surface area contributed by atoms with E-state index >= 15 is 0 Å². The number of amides is 1. The molecule has 0 rings (SSSR count). The Morgan fingerprint density at radius 3 is 1.14 bits per heavy atom. The van der Waals surface area contributed by atoms with Gasteiger partial charge in [0.25, 0.3) is 0 Å². The van der Waals surface area contributed by atoms with Crippen molar-refractivity contribution in [3.8, 4) is 0 Å². The lowest BCUT2D eigenvalue weighted by Gasteiger charge is -2.22. The molecule has 0 aliphatic rings. The zero-order chi connectivity index (χ0) is 40.7. The van der Waals surface area contributed by atoms with Crippen molar-refractivity contribution in [2.45, 2.75) is 239 Å². The molecule has 0 atom stereocenters. The second-order valence-corrected chi connectivity index (χ2v) is 16.6. The van der Waals surface area contributed by atoms with E-state index in [1.165, 1.54) is 193 Å². The Labute approximate surface area is 350 Å². The first-order valence-electron chi connectivity index (χ1n) is 24.8. The highest BCUT2D eigenvalue weighted by atomic mass is 16.6. The predicted octanol–water partition coefficient (Wildman–Crippen LogP) is 15.1. The molecule has 0 aromatic rings. The van der Waals surface area contributed by atoms with Gasteiger partial charge in [0.1, 0.15) is 6.61 Å². The lowest BCUT2D eigenvalue weighted by Crippen LogP contribution is -2.42. The van der Waals surface area contributed by atoms with Gasteiger partial charge in [-0.1, -0.05) is 180 Å². The molecular formula is C50H98N2O4. The molecule has 6 nitrogen and oxygen atoms in total. The fraction of sp³-hybridized carbons (Fsp3) is 0.900.